The molecular formula is C31H44N5O6S+. The number of ketones is 1. The van der Waals surface area contributed by atoms with E-state index in [2.05, 4.69) is 31.5 Å². The SMILES string of the molecule is CCOCCn1cc(COCCN(CC[N+](C)(C)C)C(=O)c2ccc(C(=O)CCS(=O)(=O)c3ccc(C)cc3)cc2)nn1. The van der Waals surface area contributed by atoms with E-state index in [0.29, 0.717) is 60.8 Å². The Morgan fingerprint density at radius 1 is 0.930 bits per heavy atom. The minimum Gasteiger partial charge on any atom is -0.380 e. The second kappa shape index (κ2) is 15.9. The average Bonchev–Trinajstić information content (AvgIpc) is 3.42. The molecule has 0 aliphatic carbocycles. The maximum Gasteiger partial charge on any atom is 0.254 e. The standard InChI is InChI=1S/C31H44N5O6S/c1-6-41-21-18-35-23-28(32-33-35)24-42-20-17-34(16-19-36(3,4)5)31(38)27-11-9-26(10-12-27)30(37)15-22-43(39,40)29-13-7-25(2)8-14-29/h7-14,23H,6,15-22,24H2,1-5H3/q+1. The molecule has 0 aliphatic heterocycles. The van der Waals surface area contributed by atoms with Crippen molar-refractivity contribution >= 4 is 21.5 Å². The third-order valence-electron chi connectivity index (χ3n) is 6.77. The lowest BCUT2D eigenvalue weighted by molar-refractivity contribution is -0.869. The monoisotopic (exact) mass is 614 g/mol. The van der Waals surface area contributed by atoms with E-state index in [1.165, 1.54) is 0 Å². The van der Waals surface area contributed by atoms with Crippen LogP contribution in [0, 0.1) is 6.92 Å². The summed E-state index contributed by atoms with van der Waals surface area (Å²) in [7, 11) is 2.62. The number of carbonyl (C=O) groups is 2. The van der Waals surface area contributed by atoms with Crippen LogP contribution < -0.4 is 0 Å². The van der Waals surface area contributed by atoms with Gasteiger partial charge in [0.15, 0.2) is 15.6 Å². The molecule has 0 saturated carbocycles. The van der Waals surface area contributed by atoms with Crippen molar-refractivity contribution in [3.8, 4) is 0 Å². The number of hydrogen-bond acceptors (Lipinski definition) is 8. The highest BCUT2D eigenvalue weighted by Crippen LogP contribution is 2.16. The molecule has 3 rings (SSSR count). The molecule has 12 heteroatoms. The van der Waals surface area contributed by atoms with Gasteiger partial charge in [-0.2, -0.15) is 0 Å². The molecule has 11 nitrogen and oxygen atoms in total. The van der Waals surface area contributed by atoms with Crippen molar-refractivity contribution in [2.24, 2.45) is 0 Å². The average molecular weight is 615 g/mol. The summed E-state index contributed by atoms with van der Waals surface area (Å²) in [6, 6.07) is 13.0. The lowest BCUT2D eigenvalue weighted by Gasteiger charge is -2.29. The fourth-order valence-corrected chi connectivity index (χ4v) is 5.36. The molecule has 0 atom stereocenters. The van der Waals surface area contributed by atoms with Gasteiger partial charge in [-0.25, -0.2) is 13.1 Å². The van der Waals surface area contributed by atoms with Gasteiger partial charge in [0.1, 0.15) is 5.69 Å². The number of Topliss-reactive ketones (excluding diaryl/α,β-unsaturated/α-hetero) is 1. The summed E-state index contributed by atoms with van der Waals surface area (Å²) in [5.41, 5.74) is 2.48. The maximum absolute atomic E-state index is 13.4. The first-order valence-corrected chi connectivity index (χ1v) is 16.1. The zero-order chi connectivity index (χ0) is 31.5. The van der Waals surface area contributed by atoms with E-state index >= 15 is 0 Å². The number of hydrogen-bond donors (Lipinski definition) is 0. The minimum atomic E-state index is -3.57. The summed E-state index contributed by atoms with van der Waals surface area (Å²) in [5, 5.41) is 8.19. The molecule has 0 radical (unpaired) electrons. The number of ether oxygens (including phenoxy) is 2. The van der Waals surface area contributed by atoms with Gasteiger partial charge in [-0.3, -0.25) is 9.59 Å². The number of aromatic nitrogens is 3. The van der Waals surface area contributed by atoms with Gasteiger partial charge in [0.05, 0.1) is 77.4 Å². The van der Waals surface area contributed by atoms with Gasteiger partial charge in [0.2, 0.25) is 0 Å². The van der Waals surface area contributed by atoms with E-state index in [1.807, 2.05) is 20.0 Å². The quantitative estimate of drug-likeness (QED) is 0.122. The van der Waals surface area contributed by atoms with Gasteiger partial charge in [-0.1, -0.05) is 35.0 Å². The highest BCUT2D eigenvalue weighted by Gasteiger charge is 2.21. The molecule has 3 aromatic rings. The van der Waals surface area contributed by atoms with Gasteiger partial charge in [-0.05, 0) is 38.1 Å². The van der Waals surface area contributed by atoms with E-state index in [9.17, 15) is 18.0 Å². The molecule has 0 spiro atoms. The number of carbonyl (C=O) groups excluding carboxylic acids is 2. The molecule has 0 unspecified atom stereocenters. The van der Waals surface area contributed by atoms with Crippen LogP contribution in [0.25, 0.3) is 0 Å². The Morgan fingerprint density at radius 2 is 1.60 bits per heavy atom. The minimum absolute atomic E-state index is 0.142. The van der Waals surface area contributed by atoms with Crippen LogP contribution >= 0.6 is 0 Å². The third-order valence-corrected chi connectivity index (χ3v) is 8.50. The second-order valence-corrected chi connectivity index (χ2v) is 13.5. The smallest absolute Gasteiger partial charge is 0.254 e. The Bertz CT molecular complexity index is 1430. The van der Waals surface area contributed by atoms with Crippen molar-refractivity contribution in [2.45, 2.75) is 38.3 Å². The van der Waals surface area contributed by atoms with E-state index in [1.54, 1.807) is 58.1 Å². The summed E-state index contributed by atoms with van der Waals surface area (Å²) >= 11 is 0. The Morgan fingerprint density at radius 3 is 2.26 bits per heavy atom. The first-order valence-electron chi connectivity index (χ1n) is 14.4. The number of nitrogens with zero attached hydrogens (tertiary/aromatic N) is 5. The van der Waals surface area contributed by atoms with Crippen LogP contribution in [0.15, 0.2) is 59.6 Å². The molecule has 1 aromatic heterocycles. The Hall–Kier alpha value is -3.45. The van der Waals surface area contributed by atoms with E-state index in [-0.39, 0.29) is 35.4 Å². The molecule has 1 heterocycles. The van der Waals surface area contributed by atoms with E-state index in [0.717, 1.165) is 12.1 Å². The summed E-state index contributed by atoms with van der Waals surface area (Å²) in [4.78, 5) is 28.1. The van der Waals surface area contributed by atoms with Crippen molar-refractivity contribution in [1.82, 2.24) is 19.9 Å². The molecule has 0 fully saturated rings. The molecule has 0 N–H and O–H groups in total. The highest BCUT2D eigenvalue weighted by molar-refractivity contribution is 7.91. The van der Waals surface area contributed by atoms with Crippen molar-refractivity contribution in [3.63, 3.8) is 0 Å². The Kier molecular flexibility index (Phi) is 12.6. The fourth-order valence-electron chi connectivity index (χ4n) is 4.12. The predicted octanol–water partition coefficient (Wildman–Crippen LogP) is 3.03. The number of benzene rings is 2. The van der Waals surface area contributed by atoms with Gasteiger partial charge >= 0.3 is 0 Å². The van der Waals surface area contributed by atoms with Crippen LogP contribution in [-0.4, -0.2) is 111 Å². The maximum atomic E-state index is 13.4. The van der Waals surface area contributed by atoms with Gasteiger partial charge in [0.25, 0.3) is 5.91 Å². The van der Waals surface area contributed by atoms with Crippen LogP contribution in [0.5, 0.6) is 0 Å². The normalized spacial score (nSPS) is 11.9. The Balaban J connectivity index is 1.56. The second-order valence-electron chi connectivity index (χ2n) is 11.4. The summed E-state index contributed by atoms with van der Waals surface area (Å²) in [5.74, 6) is -0.738. The largest absolute Gasteiger partial charge is 0.380 e. The lowest BCUT2D eigenvalue weighted by Crippen LogP contribution is -2.45. The van der Waals surface area contributed by atoms with Gasteiger partial charge in [-0.15, -0.1) is 5.10 Å². The highest BCUT2D eigenvalue weighted by atomic mass is 32.2. The molecule has 43 heavy (non-hydrogen) atoms. The van der Waals surface area contributed by atoms with Crippen LogP contribution in [0.3, 0.4) is 0 Å². The molecule has 234 valence electrons. The van der Waals surface area contributed by atoms with Crippen LogP contribution in [-0.2, 0) is 32.5 Å². The molecule has 0 saturated heterocycles. The van der Waals surface area contributed by atoms with Crippen molar-refractivity contribution in [2.75, 3.05) is 66.4 Å². The van der Waals surface area contributed by atoms with Crippen LogP contribution in [0.1, 0.15) is 45.3 Å². The molecule has 1 amide bonds. The third kappa shape index (κ3) is 11.3. The number of aryl methyl sites for hydroxylation is 1. The first-order chi connectivity index (χ1) is 20.4. The fraction of sp³-hybridized carbons (Fsp3) is 0.484. The number of sulfone groups is 1. The summed E-state index contributed by atoms with van der Waals surface area (Å²) in [6.07, 6.45) is 1.68. The predicted molar refractivity (Wildman–Crippen MR) is 164 cm³/mol. The summed E-state index contributed by atoms with van der Waals surface area (Å²) < 4.78 is 38.8. The van der Waals surface area contributed by atoms with Gasteiger partial charge in [0, 0.05) is 30.7 Å². The number of rotatable bonds is 18. The molecule has 2 aromatic carbocycles. The summed E-state index contributed by atoms with van der Waals surface area (Å²) in [6.45, 7) is 7.90. The number of likely N-dealkylation sites (N-methyl/N-ethyl adjacent to an activating group) is 1. The Labute approximate surface area is 254 Å². The first kappa shape index (κ1) is 34.0. The molecular weight excluding hydrogens is 570 g/mol. The lowest BCUT2D eigenvalue weighted by atomic mass is 10.1. The molecule has 0 bridgehead atoms. The molecule has 0 aliphatic rings. The van der Waals surface area contributed by atoms with Crippen LogP contribution in [0.4, 0.5) is 0 Å². The van der Waals surface area contributed by atoms with Crippen molar-refractivity contribution < 1.29 is 32.0 Å². The van der Waals surface area contributed by atoms with Crippen molar-refractivity contribution in [3.05, 3.63) is 77.1 Å². The van der Waals surface area contributed by atoms with Gasteiger partial charge < -0.3 is 18.9 Å². The number of quaternary nitrogens is 1. The zero-order valence-corrected chi connectivity index (χ0v) is 26.7. The number of amides is 1. The van der Waals surface area contributed by atoms with Crippen molar-refractivity contribution in [1.29, 1.82) is 0 Å². The topological polar surface area (TPSA) is 121 Å². The van der Waals surface area contributed by atoms with E-state index < -0.39 is 9.84 Å². The zero-order valence-electron chi connectivity index (χ0n) is 25.9. The van der Waals surface area contributed by atoms with E-state index in [4.69, 9.17) is 9.47 Å². The van der Waals surface area contributed by atoms with Crippen LogP contribution in [0.2, 0.25) is 0 Å².